The molecule has 0 fully saturated rings. The predicted molar refractivity (Wildman–Crippen MR) is 131 cm³/mol. The van der Waals surface area contributed by atoms with Gasteiger partial charge < -0.3 is 10.6 Å². The number of aromatic nitrogens is 3. The molecule has 0 aliphatic carbocycles. The SMILES string of the molecule is O=C(CSc1nnc(CNc2ccc(Cl)cc2)n1-c1ccccc1)Nc1ccccc1C(F)(F)F. The first-order chi connectivity index (χ1) is 16.8. The Kier molecular flexibility index (Phi) is 7.62. The second-order valence-electron chi connectivity index (χ2n) is 7.31. The summed E-state index contributed by atoms with van der Waals surface area (Å²) in [6.07, 6.45) is -4.57. The molecule has 0 aliphatic heterocycles. The number of hydrogen-bond acceptors (Lipinski definition) is 5. The summed E-state index contributed by atoms with van der Waals surface area (Å²) >= 11 is 7.01. The van der Waals surface area contributed by atoms with E-state index in [1.807, 2.05) is 42.5 Å². The van der Waals surface area contributed by atoms with Gasteiger partial charge in [0.05, 0.1) is 23.5 Å². The molecule has 6 nitrogen and oxygen atoms in total. The van der Waals surface area contributed by atoms with Gasteiger partial charge >= 0.3 is 6.18 Å². The van der Waals surface area contributed by atoms with E-state index in [4.69, 9.17) is 11.6 Å². The molecule has 4 rings (SSSR count). The molecular formula is C24H19ClF3N5OS. The van der Waals surface area contributed by atoms with Crippen LogP contribution < -0.4 is 10.6 Å². The van der Waals surface area contributed by atoms with Gasteiger partial charge in [0.25, 0.3) is 0 Å². The lowest BCUT2D eigenvalue weighted by Gasteiger charge is -2.14. The molecule has 4 aromatic rings. The number of alkyl halides is 3. The third-order valence-electron chi connectivity index (χ3n) is 4.85. The van der Waals surface area contributed by atoms with E-state index in [0.29, 0.717) is 22.5 Å². The number of nitrogens with zero attached hydrogens (tertiary/aromatic N) is 3. The van der Waals surface area contributed by atoms with Gasteiger partial charge in [0.15, 0.2) is 11.0 Å². The number of hydrogen-bond donors (Lipinski definition) is 2. The van der Waals surface area contributed by atoms with Crippen LogP contribution in [0.1, 0.15) is 11.4 Å². The van der Waals surface area contributed by atoms with Crippen LogP contribution in [0.2, 0.25) is 5.02 Å². The first kappa shape index (κ1) is 24.6. The smallest absolute Gasteiger partial charge is 0.378 e. The highest BCUT2D eigenvalue weighted by molar-refractivity contribution is 7.99. The van der Waals surface area contributed by atoms with Crippen LogP contribution in [-0.4, -0.2) is 26.4 Å². The Hall–Kier alpha value is -3.50. The maximum atomic E-state index is 13.2. The quantitative estimate of drug-likeness (QED) is 0.269. The number of benzene rings is 3. The Labute approximate surface area is 208 Å². The van der Waals surface area contributed by atoms with Gasteiger partial charge in [-0.3, -0.25) is 9.36 Å². The molecule has 1 amide bonds. The summed E-state index contributed by atoms with van der Waals surface area (Å²) in [5, 5.41) is 15.1. The average molecular weight is 518 g/mol. The van der Waals surface area contributed by atoms with Crippen molar-refractivity contribution in [3.05, 3.63) is 95.3 Å². The summed E-state index contributed by atoms with van der Waals surface area (Å²) in [6.45, 7) is 0.343. The minimum atomic E-state index is -4.57. The summed E-state index contributed by atoms with van der Waals surface area (Å²) in [4.78, 5) is 12.5. The predicted octanol–water partition coefficient (Wildman–Crippen LogP) is 6.28. The van der Waals surface area contributed by atoms with Gasteiger partial charge in [0.2, 0.25) is 5.91 Å². The van der Waals surface area contributed by atoms with Crippen LogP contribution in [-0.2, 0) is 17.5 Å². The molecule has 35 heavy (non-hydrogen) atoms. The van der Waals surface area contributed by atoms with Crippen LogP contribution in [0.3, 0.4) is 0 Å². The number of amides is 1. The van der Waals surface area contributed by atoms with E-state index in [9.17, 15) is 18.0 Å². The molecule has 2 N–H and O–H groups in total. The summed E-state index contributed by atoms with van der Waals surface area (Å²) in [7, 11) is 0. The second-order valence-corrected chi connectivity index (χ2v) is 8.69. The highest BCUT2D eigenvalue weighted by Gasteiger charge is 2.33. The van der Waals surface area contributed by atoms with Gasteiger partial charge in [-0.15, -0.1) is 10.2 Å². The van der Waals surface area contributed by atoms with Crippen LogP contribution in [0.4, 0.5) is 24.5 Å². The first-order valence-electron chi connectivity index (χ1n) is 10.4. The third-order valence-corrected chi connectivity index (χ3v) is 6.03. The lowest BCUT2D eigenvalue weighted by atomic mass is 10.1. The molecular weight excluding hydrogens is 499 g/mol. The molecule has 0 radical (unpaired) electrons. The highest BCUT2D eigenvalue weighted by Crippen LogP contribution is 2.34. The van der Waals surface area contributed by atoms with Crippen LogP contribution in [0, 0.1) is 0 Å². The summed E-state index contributed by atoms with van der Waals surface area (Å²) < 4.78 is 41.4. The lowest BCUT2D eigenvalue weighted by Crippen LogP contribution is -2.18. The van der Waals surface area contributed by atoms with E-state index in [-0.39, 0.29) is 11.4 Å². The fraction of sp³-hybridized carbons (Fsp3) is 0.125. The molecule has 0 aliphatic rings. The minimum absolute atomic E-state index is 0.151. The van der Waals surface area contributed by atoms with Crippen LogP contribution in [0.5, 0.6) is 0 Å². The van der Waals surface area contributed by atoms with Crippen molar-refractivity contribution in [1.82, 2.24) is 14.8 Å². The fourth-order valence-electron chi connectivity index (χ4n) is 3.25. The average Bonchev–Trinajstić information content (AvgIpc) is 3.25. The molecule has 180 valence electrons. The number of para-hydroxylation sites is 2. The minimum Gasteiger partial charge on any atom is -0.378 e. The topological polar surface area (TPSA) is 71.8 Å². The van der Waals surface area contributed by atoms with Crippen molar-refractivity contribution in [3.8, 4) is 5.69 Å². The second kappa shape index (κ2) is 10.8. The number of carbonyl (C=O) groups is 1. The Balaban J connectivity index is 1.50. The highest BCUT2D eigenvalue weighted by atomic mass is 35.5. The van der Waals surface area contributed by atoms with Crippen molar-refractivity contribution in [2.45, 2.75) is 17.9 Å². The van der Waals surface area contributed by atoms with E-state index in [2.05, 4.69) is 20.8 Å². The van der Waals surface area contributed by atoms with E-state index >= 15 is 0 Å². The summed E-state index contributed by atoms with van der Waals surface area (Å²) in [6, 6.07) is 21.4. The zero-order valence-electron chi connectivity index (χ0n) is 18.1. The Morgan fingerprint density at radius 1 is 0.943 bits per heavy atom. The third kappa shape index (κ3) is 6.34. The Bertz CT molecular complexity index is 1300. The molecule has 0 saturated heterocycles. The number of halogens is 4. The normalized spacial score (nSPS) is 11.3. The Morgan fingerprint density at radius 3 is 2.34 bits per heavy atom. The van der Waals surface area contributed by atoms with Crippen molar-refractivity contribution in [1.29, 1.82) is 0 Å². The number of anilines is 2. The maximum absolute atomic E-state index is 13.2. The van der Waals surface area contributed by atoms with Crippen molar-refractivity contribution in [2.75, 3.05) is 16.4 Å². The van der Waals surface area contributed by atoms with E-state index in [0.717, 1.165) is 29.2 Å². The largest absolute Gasteiger partial charge is 0.418 e. The van der Waals surface area contributed by atoms with Crippen LogP contribution in [0.15, 0.2) is 84.0 Å². The molecule has 0 saturated carbocycles. The van der Waals surface area contributed by atoms with Crippen LogP contribution in [0.25, 0.3) is 5.69 Å². The van der Waals surface area contributed by atoms with Crippen molar-refractivity contribution in [2.24, 2.45) is 0 Å². The fourth-order valence-corrected chi connectivity index (χ4v) is 4.15. The first-order valence-corrected chi connectivity index (χ1v) is 11.8. The number of nitrogens with one attached hydrogen (secondary N) is 2. The molecule has 0 spiro atoms. The zero-order chi connectivity index (χ0) is 24.8. The zero-order valence-corrected chi connectivity index (χ0v) is 19.7. The van der Waals surface area contributed by atoms with E-state index in [1.54, 1.807) is 16.7 Å². The molecule has 0 unspecified atom stereocenters. The van der Waals surface area contributed by atoms with Gasteiger partial charge in [0.1, 0.15) is 0 Å². The van der Waals surface area contributed by atoms with Crippen molar-refractivity contribution in [3.63, 3.8) is 0 Å². The number of rotatable bonds is 8. The summed E-state index contributed by atoms with van der Waals surface area (Å²) in [5.74, 6) is -0.145. The standard InChI is InChI=1S/C24H19ClF3N5OS/c25-16-10-12-17(13-11-16)29-14-21-31-32-23(33(21)18-6-2-1-3-7-18)35-15-22(34)30-20-9-5-4-8-19(20)24(26,27)28/h1-13,29H,14-15H2,(H,30,34). The molecule has 3 aromatic carbocycles. The lowest BCUT2D eigenvalue weighted by molar-refractivity contribution is -0.137. The van der Waals surface area contributed by atoms with Gasteiger partial charge in [-0.1, -0.05) is 53.7 Å². The number of thioether (sulfide) groups is 1. The molecule has 0 atom stereocenters. The van der Waals surface area contributed by atoms with Crippen molar-refractivity contribution >= 4 is 40.6 Å². The van der Waals surface area contributed by atoms with Gasteiger partial charge in [-0.2, -0.15) is 13.2 Å². The molecule has 1 aromatic heterocycles. The molecule has 1 heterocycles. The number of carbonyl (C=O) groups excluding carboxylic acids is 1. The molecule has 0 bridgehead atoms. The maximum Gasteiger partial charge on any atom is 0.418 e. The van der Waals surface area contributed by atoms with Crippen LogP contribution >= 0.6 is 23.4 Å². The molecule has 11 heteroatoms. The van der Waals surface area contributed by atoms with Gasteiger partial charge in [-0.05, 0) is 48.5 Å². The Morgan fingerprint density at radius 2 is 1.63 bits per heavy atom. The van der Waals surface area contributed by atoms with Crippen molar-refractivity contribution < 1.29 is 18.0 Å². The summed E-state index contributed by atoms with van der Waals surface area (Å²) in [5.41, 5.74) is 0.439. The monoisotopic (exact) mass is 517 g/mol. The van der Waals surface area contributed by atoms with E-state index in [1.165, 1.54) is 18.2 Å². The van der Waals surface area contributed by atoms with Gasteiger partial charge in [-0.25, -0.2) is 0 Å². The van der Waals surface area contributed by atoms with Gasteiger partial charge in [0, 0.05) is 16.4 Å². The van der Waals surface area contributed by atoms with E-state index < -0.39 is 17.6 Å².